The zero-order chi connectivity index (χ0) is 18.8. The smallest absolute Gasteiger partial charge is 0.241 e. The van der Waals surface area contributed by atoms with E-state index in [-0.39, 0.29) is 54.1 Å². The molecule has 2 aromatic carbocycles. The highest BCUT2D eigenvalue weighted by atomic mass is 35.5. The van der Waals surface area contributed by atoms with Gasteiger partial charge in [0.2, 0.25) is 5.91 Å². The summed E-state index contributed by atoms with van der Waals surface area (Å²) in [5, 5.41) is 6.01. The van der Waals surface area contributed by atoms with Gasteiger partial charge in [-0.1, -0.05) is 18.2 Å². The highest BCUT2D eigenvalue weighted by molar-refractivity contribution is 5.95. The van der Waals surface area contributed by atoms with E-state index in [0.717, 1.165) is 37.1 Å². The number of rotatable bonds is 4. The SMILES string of the molecule is Cl.Cl.O=C(Nc1ccc2c(c1F)CCNC2)C1CCCN1Cc1ccc(F)cc1. The third kappa shape index (κ3) is 5.25. The molecule has 158 valence electrons. The van der Waals surface area contributed by atoms with Gasteiger partial charge in [0.15, 0.2) is 0 Å². The molecule has 1 saturated heterocycles. The van der Waals surface area contributed by atoms with E-state index < -0.39 is 0 Å². The van der Waals surface area contributed by atoms with Crippen LogP contribution in [0.1, 0.15) is 29.5 Å². The van der Waals surface area contributed by atoms with Crippen molar-refractivity contribution in [1.82, 2.24) is 10.2 Å². The highest BCUT2D eigenvalue weighted by Gasteiger charge is 2.31. The summed E-state index contributed by atoms with van der Waals surface area (Å²) in [7, 11) is 0. The first-order chi connectivity index (χ1) is 13.1. The quantitative estimate of drug-likeness (QED) is 0.748. The zero-order valence-corrected chi connectivity index (χ0v) is 17.6. The molecule has 2 aromatic rings. The second-order valence-electron chi connectivity index (χ2n) is 7.24. The molecule has 4 rings (SSSR count). The van der Waals surface area contributed by atoms with Crippen molar-refractivity contribution in [3.8, 4) is 0 Å². The van der Waals surface area contributed by atoms with Crippen LogP contribution in [0.25, 0.3) is 0 Å². The Kier molecular flexibility index (Phi) is 8.40. The number of hydrogen-bond acceptors (Lipinski definition) is 3. The maximum Gasteiger partial charge on any atom is 0.241 e. The summed E-state index contributed by atoms with van der Waals surface area (Å²) in [4.78, 5) is 14.9. The summed E-state index contributed by atoms with van der Waals surface area (Å²) >= 11 is 0. The molecule has 0 aromatic heterocycles. The fourth-order valence-electron chi connectivity index (χ4n) is 3.98. The molecule has 2 aliphatic heterocycles. The number of likely N-dealkylation sites (tertiary alicyclic amines) is 1. The van der Waals surface area contributed by atoms with Gasteiger partial charge in [-0.3, -0.25) is 9.69 Å². The van der Waals surface area contributed by atoms with Crippen molar-refractivity contribution in [3.05, 3.63) is 64.7 Å². The van der Waals surface area contributed by atoms with Crippen LogP contribution in [-0.2, 0) is 24.3 Å². The van der Waals surface area contributed by atoms with Gasteiger partial charge in [0, 0.05) is 13.1 Å². The average Bonchev–Trinajstić information content (AvgIpc) is 3.14. The average molecular weight is 444 g/mol. The molecule has 0 aliphatic carbocycles. The van der Waals surface area contributed by atoms with E-state index in [4.69, 9.17) is 0 Å². The van der Waals surface area contributed by atoms with Crippen molar-refractivity contribution in [1.29, 1.82) is 0 Å². The Balaban J connectivity index is 0.00000150. The second kappa shape index (κ2) is 10.3. The Morgan fingerprint density at radius 2 is 1.90 bits per heavy atom. The first kappa shape index (κ1) is 23.5. The predicted molar refractivity (Wildman–Crippen MR) is 115 cm³/mol. The Labute approximate surface area is 181 Å². The van der Waals surface area contributed by atoms with E-state index in [1.165, 1.54) is 12.1 Å². The summed E-state index contributed by atoms with van der Waals surface area (Å²) in [5.74, 6) is -0.764. The number of nitrogens with zero attached hydrogens (tertiary/aromatic N) is 1. The fraction of sp³-hybridized carbons (Fsp3) is 0.381. The minimum Gasteiger partial charge on any atom is -0.322 e. The topological polar surface area (TPSA) is 44.4 Å². The number of carbonyl (C=O) groups is 1. The van der Waals surface area contributed by atoms with E-state index in [1.807, 2.05) is 6.07 Å². The van der Waals surface area contributed by atoms with Crippen LogP contribution in [0.15, 0.2) is 36.4 Å². The van der Waals surface area contributed by atoms with Gasteiger partial charge in [-0.2, -0.15) is 0 Å². The van der Waals surface area contributed by atoms with Crippen LogP contribution in [0.5, 0.6) is 0 Å². The predicted octanol–water partition coefficient (Wildman–Crippen LogP) is 4.06. The molecule has 0 saturated carbocycles. The molecule has 1 unspecified atom stereocenters. The van der Waals surface area contributed by atoms with Crippen molar-refractivity contribution < 1.29 is 13.6 Å². The van der Waals surface area contributed by atoms with Gasteiger partial charge in [0.1, 0.15) is 11.6 Å². The number of amides is 1. The lowest BCUT2D eigenvalue weighted by Crippen LogP contribution is -2.39. The molecule has 0 bridgehead atoms. The molecule has 1 fully saturated rings. The molecule has 2 N–H and O–H groups in total. The van der Waals surface area contributed by atoms with Crippen LogP contribution in [0, 0.1) is 11.6 Å². The zero-order valence-electron chi connectivity index (χ0n) is 15.9. The molecule has 2 heterocycles. The number of hydrogen-bond donors (Lipinski definition) is 2. The molecule has 29 heavy (non-hydrogen) atoms. The van der Waals surface area contributed by atoms with Crippen molar-refractivity contribution in [2.24, 2.45) is 0 Å². The lowest BCUT2D eigenvalue weighted by molar-refractivity contribution is -0.120. The van der Waals surface area contributed by atoms with Crippen molar-refractivity contribution in [2.75, 3.05) is 18.4 Å². The molecule has 4 nitrogen and oxygen atoms in total. The Hall–Kier alpha value is -1.73. The van der Waals surface area contributed by atoms with Crippen molar-refractivity contribution in [2.45, 2.75) is 38.4 Å². The largest absolute Gasteiger partial charge is 0.322 e. The van der Waals surface area contributed by atoms with Crippen LogP contribution < -0.4 is 10.6 Å². The molecule has 8 heteroatoms. The molecule has 1 atom stereocenters. The van der Waals surface area contributed by atoms with Crippen molar-refractivity contribution in [3.63, 3.8) is 0 Å². The maximum atomic E-state index is 14.8. The molecular formula is C21H25Cl2F2N3O. The minimum atomic E-state index is -0.314. The third-order valence-electron chi connectivity index (χ3n) is 5.43. The standard InChI is InChI=1S/C21H23F2N3O.2ClH/c22-16-6-3-14(4-7-16)13-26-11-1-2-19(26)21(27)25-18-8-5-15-12-24-10-9-17(15)20(18)23;;/h3-8,19,24H,1-2,9-13H2,(H,25,27);2*1H. The number of carbonyl (C=O) groups excluding carboxylic acids is 1. The third-order valence-corrected chi connectivity index (χ3v) is 5.43. The molecular weight excluding hydrogens is 419 g/mol. The van der Waals surface area contributed by atoms with Crippen LogP contribution in [-0.4, -0.2) is 29.9 Å². The Morgan fingerprint density at radius 1 is 1.14 bits per heavy atom. The minimum absolute atomic E-state index is 0. The molecule has 2 aliphatic rings. The van der Waals surface area contributed by atoms with Crippen LogP contribution >= 0.6 is 24.8 Å². The number of halogens is 4. The first-order valence-corrected chi connectivity index (χ1v) is 9.42. The molecule has 1 amide bonds. The van der Waals surface area contributed by atoms with Gasteiger partial charge >= 0.3 is 0 Å². The van der Waals surface area contributed by atoms with Gasteiger partial charge in [-0.05, 0) is 67.2 Å². The van der Waals surface area contributed by atoms with Gasteiger partial charge in [-0.25, -0.2) is 8.78 Å². The molecule has 0 spiro atoms. The summed E-state index contributed by atoms with van der Waals surface area (Å²) in [5.41, 5.74) is 2.87. The van der Waals surface area contributed by atoms with Gasteiger partial charge < -0.3 is 10.6 Å². The van der Waals surface area contributed by atoms with E-state index in [0.29, 0.717) is 25.1 Å². The second-order valence-corrected chi connectivity index (χ2v) is 7.24. The number of benzene rings is 2. The summed E-state index contributed by atoms with van der Waals surface area (Å²) in [6, 6.07) is 9.56. The van der Waals surface area contributed by atoms with Gasteiger partial charge in [-0.15, -0.1) is 24.8 Å². The van der Waals surface area contributed by atoms with Gasteiger partial charge in [0.05, 0.1) is 11.7 Å². The van der Waals surface area contributed by atoms with Gasteiger partial charge in [0.25, 0.3) is 0 Å². The van der Waals surface area contributed by atoms with Crippen LogP contribution in [0.2, 0.25) is 0 Å². The van der Waals surface area contributed by atoms with Crippen LogP contribution in [0.4, 0.5) is 14.5 Å². The maximum absolute atomic E-state index is 14.8. The van der Waals surface area contributed by atoms with E-state index in [1.54, 1.807) is 18.2 Å². The summed E-state index contributed by atoms with van der Waals surface area (Å²) in [6.07, 6.45) is 2.28. The normalized spacial score (nSPS) is 18.3. The summed E-state index contributed by atoms with van der Waals surface area (Å²) in [6.45, 7) is 2.79. The van der Waals surface area contributed by atoms with Crippen molar-refractivity contribution >= 4 is 36.4 Å². The molecule has 0 radical (unpaired) electrons. The number of anilines is 1. The number of fused-ring (bicyclic) bond motifs is 1. The van der Waals surface area contributed by atoms with E-state index in [9.17, 15) is 13.6 Å². The van der Waals surface area contributed by atoms with E-state index in [2.05, 4.69) is 15.5 Å². The van der Waals surface area contributed by atoms with E-state index >= 15 is 0 Å². The Bertz CT molecular complexity index is 849. The monoisotopic (exact) mass is 443 g/mol. The number of nitrogens with one attached hydrogen (secondary N) is 2. The highest BCUT2D eigenvalue weighted by Crippen LogP contribution is 2.26. The first-order valence-electron chi connectivity index (χ1n) is 9.42. The Morgan fingerprint density at radius 3 is 2.66 bits per heavy atom. The lowest BCUT2D eigenvalue weighted by atomic mass is 9.99. The van der Waals surface area contributed by atoms with Crippen LogP contribution in [0.3, 0.4) is 0 Å². The fourth-order valence-corrected chi connectivity index (χ4v) is 3.98. The summed E-state index contributed by atoms with van der Waals surface area (Å²) < 4.78 is 27.9. The lowest BCUT2D eigenvalue weighted by Gasteiger charge is -2.24.